The van der Waals surface area contributed by atoms with Gasteiger partial charge in [0, 0.05) is 12.0 Å². The second kappa shape index (κ2) is 7.61. The monoisotopic (exact) mass is 272 g/mol. The molecule has 1 nitrogen and oxygen atoms in total. The lowest BCUT2D eigenvalue weighted by atomic mass is 9.90. The van der Waals surface area contributed by atoms with Gasteiger partial charge < -0.3 is 0 Å². The van der Waals surface area contributed by atoms with Crippen molar-refractivity contribution in [3.63, 3.8) is 0 Å². The van der Waals surface area contributed by atoms with Gasteiger partial charge in [-0.15, -0.1) is 0 Å². The quantitative estimate of drug-likeness (QED) is 0.644. The molecule has 0 heterocycles. The Morgan fingerprint density at radius 2 is 1.65 bits per heavy atom. The van der Waals surface area contributed by atoms with Crippen molar-refractivity contribution in [1.82, 2.24) is 0 Å². The van der Waals surface area contributed by atoms with Crippen LogP contribution >= 0.6 is 0 Å². The van der Waals surface area contributed by atoms with E-state index in [9.17, 15) is 4.79 Å². The normalized spacial score (nSPS) is 15.0. The first-order chi connectivity index (χ1) is 9.76. The molecule has 0 aromatic heterocycles. The molecule has 0 radical (unpaired) electrons. The zero-order valence-electron chi connectivity index (χ0n) is 13.1. The van der Waals surface area contributed by atoms with Crippen molar-refractivity contribution >= 4 is 5.78 Å². The molecule has 110 valence electrons. The Hall–Kier alpha value is -1.11. The molecular formula is C19H28O. The summed E-state index contributed by atoms with van der Waals surface area (Å²) >= 11 is 0. The molecule has 0 amide bonds. The summed E-state index contributed by atoms with van der Waals surface area (Å²) in [7, 11) is 0. The number of hydrogen-bond acceptors (Lipinski definition) is 1. The Kier molecular flexibility index (Phi) is 5.82. The number of hydrogen-bond donors (Lipinski definition) is 0. The van der Waals surface area contributed by atoms with E-state index in [1.165, 1.54) is 48.8 Å². The number of carbonyl (C=O) groups is 1. The number of Topliss-reactive ketones (excluding diaryl/α,β-unsaturated/α-hetero) is 1. The first-order valence-electron chi connectivity index (χ1n) is 8.44. The zero-order valence-corrected chi connectivity index (χ0v) is 13.1. The lowest BCUT2D eigenvalue weighted by Crippen LogP contribution is -2.06. The summed E-state index contributed by atoms with van der Waals surface area (Å²) in [6, 6.07) is 4.59. The van der Waals surface area contributed by atoms with E-state index < -0.39 is 0 Å². The lowest BCUT2D eigenvalue weighted by Gasteiger charge is -2.15. The molecule has 0 saturated heterocycles. The van der Waals surface area contributed by atoms with Crippen LogP contribution in [0.1, 0.15) is 85.8 Å². The molecule has 0 N–H and O–H groups in total. The number of rotatable bonds is 6. The molecule has 20 heavy (non-hydrogen) atoms. The Balaban J connectivity index is 2.36. The SMILES string of the molecule is CCCCc1cc(CCCC)c2c(c1)C(=O)CCCC2. The highest BCUT2D eigenvalue weighted by atomic mass is 16.1. The molecule has 0 spiro atoms. The Morgan fingerprint density at radius 1 is 0.950 bits per heavy atom. The van der Waals surface area contributed by atoms with E-state index in [1.54, 1.807) is 0 Å². The number of unbranched alkanes of at least 4 members (excludes halogenated alkanes) is 2. The standard InChI is InChI=1S/C19H28O/c1-3-5-9-15-13-16(10-6-4-2)17-11-7-8-12-19(20)18(17)14-15/h13-14H,3-12H2,1-2H3. The molecule has 1 aliphatic rings. The zero-order chi connectivity index (χ0) is 14.4. The van der Waals surface area contributed by atoms with Gasteiger partial charge >= 0.3 is 0 Å². The van der Waals surface area contributed by atoms with Gasteiger partial charge in [-0.2, -0.15) is 0 Å². The van der Waals surface area contributed by atoms with Gasteiger partial charge in [0.1, 0.15) is 0 Å². The van der Waals surface area contributed by atoms with Gasteiger partial charge in [-0.25, -0.2) is 0 Å². The fourth-order valence-electron chi connectivity index (χ4n) is 3.18. The minimum Gasteiger partial charge on any atom is -0.294 e. The van der Waals surface area contributed by atoms with Gasteiger partial charge in [0.15, 0.2) is 5.78 Å². The van der Waals surface area contributed by atoms with Crippen molar-refractivity contribution in [2.45, 2.75) is 78.1 Å². The first-order valence-corrected chi connectivity index (χ1v) is 8.44. The van der Waals surface area contributed by atoms with Crippen molar-refractivity contribution in [2.24, 2.45) is 0 Å². The Morgan fingerprint density at radius 3 is 2.40 bits per heavy atom. The molecule has 2 rings (SSSR count). The third-order valence-corrected chi connectivity index (χ3v) is 4.40. The van der Waals surface area contributed by atoms with Crippen molar-refractivity contribution in [3.05, 3.63) is 34.4 Å². The summed E-state index contributed by atoms with van der Waals surface area (Å²) in [5, 5.41) is 0. The van der Waals surface area contributed by atoms with Crippen molar-refractivity contribution in [1.29, 1.82) is 0 Å². The minimum atomic E-state index is 0.383. The molecule has 0 bridgehead atoms. The molecule has 1 aromatic rings. The maximum atomic E-state index is 12.4. The predicted molar refractivity (Wildman–Crippen MR) is 85.6 cm³/mol. The smallest absolute Gasteiger partial charge is 0.163 e. The third-order valence-electron chi connectivity index (χ3n) is 4.40. The third kappa shape index (κ3) is 3.71. The van der Waals surface area contributed by atoms with Crippen LogP contribution in [0.5, 0.6) is 0 Å². The van der Waals surface area contributed by atoms with E-state index in [0.717, 1.165) is 37.7 Å². The van der Waals surface area contributed by atoms with Crippen LogP contribution in [0.25, 0.3) is 0 Å². The van der Waals surface area contributed by atoms with Crippen LogP contribution in [0.3, 0.4) is 0 Å². The Bertz CT molecular complexity index is 459. The van der Waals surface area contributed by atoms with Gasteiger partial charge in [0.05, 0.1) is 0 Å². The summed E-state index contributed by atoms with van der Waals surface area (Å²) in [6.45, 7) is 4.47. The van der Waals surface area contributed by atoms with Gasteiger partial charge in [-0.05, 0) is 67.7 Å². The minimum absolute atomic E-state index is 0.383. The summed E-state index contributed by atoms with van der Waals surface area (Å²) in [6.07, 6.45) is 11.3. The van der Waals surface area contributed by atoms with Gasteiger partial charge in [0.2, 0.25) is 0 Å². The summed E-state index contributed by atoms with van der Waals surface area (Å²) in [4.78, 5) is 12.4. The molecule has 0 saturated carbocycles. The van der Waals surface area contributed by atoms with Crippen LogP contribution in [0.15, 0.2) is 12.1 Å². The van der Waals surface area contributed by atoms with Gasteiger partial charge in [-0.3, -0.25) is 4.79 Å². The van der Waals surface area contributed by atoms with E-state index in [4.69, 9.17) is 0 Å². The van der Waals surface area contributed by atoms with E-state index in [1.807, 2.05) is 0 Å². The Labute approximate surface area is 123 Å². The number of fused-ring (bicyclic) bond motifs is 1. The van der Waals surface area contributed by atoms with Crippen LogP contribution in [0.2, 0.25) is 0 Å². The van der Waals surface area contributed by atoms with E-state index >= 15 is 0 Å². The van der Waals surface area contributed by atoms with Crippen LogP contribution in [0, 0.1) is 0 Å². The molecule has 0 aliphatic heterocycles. The average Bonchev–Trinajstić information content (AvgIpc) is 2.65. The highest BCUT2D eigenvalue weighted by Crippen LogP contribution is 2.27. The van der Waals surface area contributed by atoms with Crippen molar-refractivity contribution < 1.29 is 4.79 Å². The summed E-state index contributed by atoms with van der Waals surface area (Å²) in [5.41, 5.74) is 5.28. The predicted octanol–water partition coefficient (Wildman–Crippen LogP) is 5.28. The molecular weight excluding hydrogens is 244 g/mol. The highest BCUT2D eigenvalue weighted by molar-refractivity contribution is 5.98. The molecule has 1 heteroatoms. The van der Waals surface area contributed by atoms with Gasteiger partial charge in [-0.1, -0.05) is 32.8 Å². The molecule has 0 unspecified atom stereocenters. The lowest BCUT2D eigenvalue weighted by molar-refractivity contribution is 0.0982. The molecule has 1 aliphatic carbocycles. The van der Waals surface area contributed by atoms with Gasteiger partial charge in [0.25, 0.3) is 0 Å². The summed E-state index contributed by atoms with van der Waals surface area (Å²) in [5.74, 6) is 0.383. The highest BCUT2D eigenvalue weighted by Gasteiger charge is 2.19. The van der Waals surface area contributed by atoms with Crippen molar-refractivity contribution in [2.75, 3.05) is 0 Å². The largest absolute Gasteiger partial charge is 0.294 e. The topological polar surface area (TPSA) is 17.1 Å². The van der Waals surface area contributed by atoms with E-state index in [2.05, 4.69) is 26.0 Å². The maximum absolute atomic E-state index is 12.4. The fourth-order valence-corrected chi connectivity index (χ4v) is 3.18. The van der Waals surface area contributed by atoms with Crippen LogP contribution < -0.4 is 0 Å². The van der Waals surface area contributed by atoms with Crippen molar-refractivity contribution in [3.8, 4) is 0 Å². The molecule has 1 aromatic carbocycles. The molecule has 0 atom stereocenters. The number of benzene rings is 1. The van der Waals surface area contributed by atoms with Crippen LogP contribution in [-0.4, -0.2) is 5.78 Å². The van der Waals surface area contributed by atoms with E-state index in [0.29, 0.717) is 5.78 Å². The fraction of sp³-hybridized carbons (Fsp3) is 0.632. The van der Waals surface area contributed by atoms with Crippen LogP contribution in [-0.2, 0) is 19.3 Å². The second-order valence-corrected chi connectivity index (χ2v) is 6.12. The van der Waals surface area contributed by atoms with E-state index in [-0.39, 0.29) is 0 Å². The summed E-state index contributed by atoms with van der Waals surface area (Å²) < 4.78 is 0. The van der Waals surface area contributed by atoms with Crippen LogP contribution in [0.4, 0.5) is 0 Å². The first kappa shape index (κ1) is 15.3. The average molecular weight is 272 g/mol. The molecule has 0 fully saturated rings. The second-order valence-electron chi connectivity index (χ2n) is 6.12. The number of aryl methyl sites for hydroxylation is 2. The number of ketones is 1. The maximum Gasteiger partial charge on any atom is 0.163 e. The number of carbonyl (C=O) groups excluding carboxylic acids is 1.